The molecule has 1 aromatic heterocycles. The van der Waals surface area contributed by atoms with Crippen LogP contribution in [0, 0.1) is 5.41 Å². The third kappa shape index (κ3) is 4.10. The second-order valence-electron chi connectivity index (χ2n) is 4.45. The largest absolute Gasteiger partial charge is 0.469 e. The molecule has 0 fully saturated rings. The van der Waals surface area contributed by atoms with Crippen LogP contribution >= 0.6 is 15.9 Å². The number of halogens is 1. The van der Waals surface area contributed by atoms with Crippen LogP contribution in [0.4, 0.5) is 5.82 Å². The molecule has 0 radical (unpaired) electrons. The molecule has 6 heteroatoms. The molecule has 18 heavy (non-hydrogen) atoms. The van der Waals surface area contributed by atoms with Gasteiger partial charge in [0.2, 0.25) is 5.91 Å². The maximum absolute atomic E-state index is 12.0. The number of aromatic nitrogens is 1. The van der Waals surface area contributed by atoms with Gasteiger partial charge in [0.25, 0.3) is 0 Å². The Bertz CT molecular complexity index is 443. The van der Waals surface area contributed by atoms with Crippen molar-refractivity contribution < 1.29 is 14.3 Å². The highest BCUT2D eigenvalue weighted by molar-refractivity contribution is 9.10. The molecule has 5 nitrogen and oxygen atoms in total. The molecule has 0 saturated heterocycles. The SMILES string of the molecule is COC(=O)CC(C)(C)C(=O)Nc1ccc(Br)cn1. The van der Waals surface area contributed by atoms with E-state index in [1.165, 1.54) is 7.11 Å². The van der Waals surface area contributed by atoms with Gasteiger partial charge >= 0.3 is 5.97 Å². The topological polar surface area (TPSA) is 68.3 Å². The number of anilines is 1. The zero-order chi connectivity index (χ0) is 13.8. The van der Waals surface area contributed by atoms with Crippen LogP contribution in [0.1, 0.15) is 20.3 Å². The lowest BCUT2D eigenvalue weighted by atomic mass is 9.88. The predicted molar refractivity (Wildman–Crippen MR) is 71.0 cm³/mol. The van der Waals surface area contributed by atoms with Gasteiger partial charge in [-0.25, -0.2) is 4.98 Å². The summed E-state index contributed by atoms with van der Waals surface area (Å²) in [6.07, 6.45) is 1.61. The molecule has 0 spiro atoms. The number of hydrogen-bond donors (Lipinski definition) is 1. The van der Waals surface area contributed by atoms with Crippen molar-refractivity contribution in [3.8, 4) is 0 Å². The monoisotopic (exact) mass is 314 g/mol. The summed E-state index contributed by atoms with van der Waals surface area (Å²) in [4.78, 5) is 27.2. The van der Waals surface area contributed by atoms with Crippen molar-refractivity contribution in [2.75, 3.05) is 12.4 Å². The molecule has 1 rings (SSSR count). The van der Waals surface area contributed by atoms with Gasteiger partial charge in [0.1, 0.15) is 5.82 Å². The Morgan fingerprint density at radius 3 is 2.61 bits per heavy atom. The minimum absolute atomic E-state index is 0.0197. The molecule has 0 bridgehead atoms. The van der Waals surface area contributed by atoms with Crippen LogP contribution in [0.3, 0.4) is 0 Å². The molecule has 1 aromatic rings. The Kier molecular flexibility index (Phi) is 4.84. The molecular weight excluding hydrogens is 300 g/mol. The fourth-order valence-electron chi connectivity index (χ4n) is 1.25. The first-order valence-electron chi connectivity index (χ1n) is 5.35. The van der Waals surface area contributed by atoms with Gasteiger partial charge in [-0.2, -0.15) is 0 Å². The summed E-state index contributed by atoms with van der Waals surface area (Å²) in [5, 5.41) is 2.66. The Hall–Kier alpha value is -1.43. The zero-order valence-corrected chi connectivity index (χ0v) is 12.1. The van der Waals surface area contributed by atoms with Crippen molar-refractivity contribution in [1.29, 1.82) is 0 Å². The normalized spacial score (nSPS) is 10.9. The van der Waals surface area contributed by atoms with Crippen LogP contribution in [0.25, 0.3) is 0 Å². The maximum atomic E-state index is 12.0. The Labute approximate surface area is 114 Å². The highest BCUT2D eigenvalue weighted by Crippen LogP contribution is 2.23. The highest BCUT2D eigenvalue weighted by atomic mass is 79.9. The Balaban J connectivity index is 2.69. The van der Waals surface area contributed by atoms with Crippen molar-refractivity contribution >= 4 is 33.6 Å². The number of methoxy groups -OCH3 is 1. The lowest BCUT2D eigenvalue weighted by Gasteiger charge is -2.21. The molecule has 1 N–H and O–H groups in total. The van der Waals surface area contributed by atoms with Gasteiger partial charge in [-0.15, -0.1) is 0 Å². The van der Waals surface area contributed by atoms with Crippen LogP contribution in [-0.2, 0) is 14.3 Å². The van der Waals surface area contributed by atoms with Crippen LogP contribution in [0.2, 0.25) is 0 Å². The molecule has 98 valence electrons. The minimum Gasteiger partial charge on any atom is -0.469 e. The number of esters is 1. The lowest BCUT2D eigenvalue weighted by molar-refractivity contribution is -0.145. The minimum atomic E-state index is -0.845. The molecule has 0 aromatic carbocycles. The van der Waals surface area contributed by atoms with Crippen molar-refractivity contribution in [3.05, 3.63) is 22.8 Å². The highest BCUT2D eigenvalue weighted by Gasteiger charge is 2.31. The number of carbonyl (C=O) groups is 2. The van der Waals surface area contributed by atoms with E-state index < -0.39 is 11.4 Å². The molecule has 1 heterocycles. The first-order valence-corrected chi connectivity index (χ1v) is 6.14. The van der Waals surface area contributed by atoms with Gasteiger partial charge in [0.15, 0.2) is 0 Å². The number of rotatable bonds is 4. The Morgan fingerprint density at radius 1 is 1.44 bits per heavy atom. The number of ether oxygens (including phenoxy) is 1. The summed E-state index contributed by atoms with van der Waals surface area (Å²) in [5.41, 5.74) is -0.845. The summed E-state index contributed by atoms with van der Waals surface area (Å²) in [5.74, 6) is -0.247. The molecule has 1 amide bonds. The third-order valence-corrected chi connectivity index (χ3v) is 2.87. The van der Waals surface area contributed by atoms with E-state index in [1.54, 1.807) is 32.2 Å². The quantitative estimate of drug-likeness (QED) is 0.866. The summed E-state index contributed by atoms with van der Waals surface area (Å²) in [6, 6.07) is 3.45. The number of nitrogens with zero attached hydrogens (tertiary/aromatic N) is 1. The number of nitrogens with one attached hydrogen (secondary N) is 1. The Morgan fingerprint density at radius 2 is 2.11 bits per heavy atom. The van der Waals surface area contributed by atoms with E-state index in [0.717, 1.165) is 4.47 Å². The molecule has 0 aliphatic heterocycles. The van der Waals surface area contributed by atoms with Gasteiger partial charge in [-0.05, 0) is 28.1 Å². The second kappa shape index (κ2) is 5.95. The first kappa shape index (κ1) is 14.6. The number of pyridine rings is 1. The van der Waals surface area contributed by atoms with E-state index in [-0.39, 0.29) is 12.3 Å². The number of carbonyl (C=O) groups excluding carboxylic acids is 2. The zero-order valence-electron chi connectivity index (χ0n) is 10.5. The lowest BCUT2D eigenvalue weighted by Crippen LogP contribution is -2.33. The average Bonchev–Trinajstić information content (AvgIpc) is 2.31. The molecule has 0 atom stereocenters. The summed E-state index contributed by atoms with van der Waals surface area (Å²) >= 11 is 3.26. The van der Waals surface area contributed by atoms with E-state index in [0.29, 0.717) is 5.82 Å². The second-order valence-corrected chi connectivity index (χ2v) is 5.37. The van der Waals surface area contributed by atoms with Gasteiger partial charge < -0.3 is 10.1 Å². The van der Waals surface area contributed by atoms with Crippen LogP contribution in [-0.4, -0.2) is 24.0 Å². The standard InChI is InChI=1S/C12H15BrN2O3/c1-12(2,6-10(16)18-3)11(17)15-9-5-4-8(13)7-14-9/h4-5,7H,6H2,1-3H3,(H,14,15,17). The third-order valence-electron chi connectivity index (χ3n) is 2.40. The molecule has 0 saturated carbocycles. The van der Waals surface area contributed by atoms with Gasteiger partial charge in [-0.3, -0.25) is 9.59 Å². The van der Waals surface area contributed by atoms with Crippen LogP contribution < -0.4 is 5.32 Å². The summed E-state index contributed by atoms with van der Waals surface area (Å²) in [7, 11) is 1.30. The fraction of sp³-hybridized carbons (Fsp3) is 0.417. The maximum Gasteiger partial charge on any atom is 0.306 e. The van der Waals surface area contributed by atoms with Gasteiger partial charge in [0, 0.05) is 10.7 Å². The predicted octanol–water partition coefficient (Wildman–Crippen LogP) is 2.37. The fourth-order valence-corrected chi connectivity index (χ4v) is 1.48. The van der Waals surface area contributed by atoms with E-state index in [4.69, 9.17) is 0 Å². The van der Waals surface area contributed by atoms with Gasteiger partial charge in [-0.1, -0.05) is 13.8 Å². The molecule has 0 aliphatic carbocycles. The number of amides is 1. The molecule has 0 unspecified atom stereocenters. The van der Waals surface area contributed by atoms with Crippen molar-refractivity contribution in [1.82, 2.24) is 4.98 Å². The molecular formula is C12H15BrN2O3. The van der Waals surface area contributed by atoms with E-state index in [2.05, 4.69) is 31.0 Å². The van der Waals surface area contributed by atoms with Gasteiger partial charge in [0.05, 0.1) is 18.9 Å². The first-order chi connectivity index (χ1) is 8.35. The number of hydrogen-bond acceptors (Lipinski definition) is 4. The summed E-state index contributed by atoms with van der Waals surface area (Å²) in [6.45, 7) is 3.36. The van der Waals surface area contributed by atoms with Crippen LogP contribution in [0.5, 0.6) is 0 Å². The van der Waals surface area contributed by atoms with Crippen molar-refractivity contribution in [3.63, 3.8) is 0 Å². The van der Waals surface area contributed by atoms with E-state index in [9.17, 15) is 9.59 Å². The van der Waals surface area contributed by atoms with Crippen molar-refractivity contribution in [2.24, 2.45) is 5.41 Å². The van der Waals surface area contributed by atoms with E-state index in [1.807, 2.05) is 0 Å². The average molecular weight is 315 g/mol. The van der Waals surface area contributed by atoms with E-state index >= 15 is 0 Å². The molecule has 0 aliphatic rings. The van der Waals surface area contributed by atoms with Crippen LogP contribution in [0.15, 0.2) is 22.8 Å². The smallest absolute Gasteiger partial charge is 0.306 e. The summed E-state index contributed by atoms with van der Waals surface area (Å²) < 4.78 is 5.39. The van der Waals surface area contributed by atoms with Crippen molar-refractivity contribution in [2.45, 2.75) is 20.3 Å².